The highest BCUT2D eigenvalue weighted by molar-refractivity contribution is 5.77. The summed E-state index contributed by atoms with van der Waals surface area (Å²) in [5.41, 5.74) is 3.62. The predicted molar refractivity (Wildman–Crippen MR) is 156 cm³/mol. The van der Waals surface area contributed by atoms with Crippen LogP contribution in [0.1, 0.15) is 100 Å². The summed E-state index contributed by atoms with van der Waals surface area (Å²) in [5.74, 6) is -0.426. The SMILES string of the molecule is CCC(=O)NCC(C)(C)COCC(C)(C)CC(=O)O.CCCCOC(=O)CC(CC(=O)NC)CC(C)C.NC=O. The molecule has 0 aromatic carbocycles. The molecule has 0 aliphatic carbocycles. The van der Waals surface area contributed by atoms with Crippen LogP contribution in [0.5, 0.6) is 0 Å². The number of esters is 1. The molecule has 0 aromatic heterocycles. The molecule has 0 rings (SSSR count). The fourth-order valence-electron chi connectivity index (χ4n) is 3.47. The van der Waals surface area contributed by atoms with Gasteiger partial charge in [0.1, 0.15) is 0 Å². The van der Waals surface area contributed by atoms with Crippen molar-refractivity contribution in [2.75, 3.05) is 33.4 Å². The van der Waals surface area contributed by atoms with Gasteiger partial charge in [0.2, 0.25) is 18.2 Å². The summed E-state index contributed by atoms with van der Waals surface area (Å²) < 4.78 is 10.8. The van der Waals surface area contributed by atoms with Crippen molar-refractivity contribution in [2.24, 2.45) is 28.4 Å². The van der Waals surface area contributed by atoms with Crippen molar-refractivity contribution in [3.63, 3.8) is 0 Å². The smallest absolute Gasteiger partial charge is 0.306 e. The van der Waals surface area contributed by atoms with E-state index in [0.29, 0.717) is 51.5 Å². The molecule has 0 radical (unpaired) electrons. The first kappa shape index (κ1) is 41.8. The number of carbonyl (C=O) groups excluding carboxylic acids is 4. The van der Waals surface area contributed by atoms with Gasteiger partial charge in [0, 0.05) is 38.3 Å². The number of rotatable bonds is 18. The molecule has 0 spiro atoms. The third-order valence-corrected chi connectivity index (χ3v) is 5.47. The fourth-order valence-corrected chi connectivity index (χ4v) is 3.47. The van der Waals surface area contributed by atoms with Crippen LogP contribution in [0.3, 0.4) is 0 Å². The molecule has 11 heteroatoms. The van der Waals surface area contributed by atoms with Gasteiger partial charge in [0.15, 0.2) is 0 Å². The van der Waals surface area contributed by atoms with Crippen molar-refractivity contribution in [3.8, 4) is 0 Å². The van der Waals surface area contributed by atoms with Crippen molar-refractivity contribution in [1.82, 2.24) is 10.6 Å². The average molecular weight is 576 g/mol. The van der Waals surface area contributed by atoms with E-state index in [1.807, 2.05) is 34.6 Å². The van der Waals surface area contributed by atoms with Crippen molar-refractivity contribution in [3.05, 3.63) is 0 Å². The standard InChI is InChI=1S/C14H27NO4.C14H27NO3.CH3NO/c1-6-11(16)15-8-14(4,5)10-19-9-13(2,3)7-12(17)18;1-5-6-7-18-14(17)10-12(8-11(2)3)9-13(16)15-4;2-1-3/h6-10H2,1-5H3,(H,15,16)(H,17,18);11-12H,5-10H2,1-4H3,(H,15,16);1H,(H2,2,3). The highest BCUT2D eigenvalue weighted by Gasteiger charge is 2.25. The summed E-state index contributed by atoms with van der Waals surface area (Å²) in [4.78, 5) is 53.5. The molecule has 236 valence electrons. The molecule has 0 heterocycles. The van der Waals surface area contributed by atoms with E-state index in [0.717, 1.165) is 19.3 Å². The van der Waals surface area contributed by atoms with Gasteiger partial charge >= 0.3 is 11.9 Å². The number of hydrogen-bond donors (Lipinski definition) is 4. The van der Waals surface area contributed by atoms with Crippen LogP contribution in [0.25, 0.3) is 0 Å². The molecular formula is C29H57N3O8. The van der Waals surface area contributed by atoms with Gasteiger partial charge in [0.05, 0.1) is 26.2 Å². The van der Waals surface area contributed by atoms with Gasteiger partial charge in [0.25, 0.3) is 0 Å². The molecule has 0 aliphatic heterocycles. The number of nitrogens with two attached hydrogens (primary N) is 1. The van der Waals surface area contributed by atoms with Gasteiger partial charge in [-0.1, -0.05) is 61.8 Å². The molecule has 0 aliphatic rings. The highest BCUT2D eigenvalue weighted by atomic mass is 16.5. The van der Waals surface area contributed by atoms with E-state index in [1.54, 1.807) is 7.05 Å². The van der Waals surface area contributed by atoms with Gasteiger partial charge in [-0.15, -0.1) is 0 Å². The van der Waals surface area contributed by atoms with Gasteiger partial charge in [-0.25, -0.2) is 0 Å². The molecule has 1 unspecified atom stereocenters. The lowest BCUT2D eigenvalue weighted by Gasteiger charge is -2.28. The summed E-state index contributed by atoms with van der Waals surface area (Å²) >= 11 is 0. The fraction of sp³-hybridized carbons (Fsp3) is 0.828. The molecule has 40 heavy (non-hydrogen) atoms. The lowest BCUT2D eigenvalue weighted by molar-refractivity contribution is -0.145. The molecule has 0 aromatic rings. The average Bonchev–Trinajstić information content (AvgIpc) is 2.82. The second kappa shape index (κ2) is 24.1. The van der Waals surface area contributed by atoms with Gasteiger partial charge in [-0.05, 0) is 30.1 Å². The third kappa shape index (κ3) is 29.9. The van der Waals surface area contributed by atoms with Crippen LogP contribution < -0.4 is 16.4 Å². The number of ether oxygens (including phenoxy) is 2. The first-order valence-electron chi connectivity index (χ1n) is 14.1. The number of aliphatic carboxylic acids is 1. The van der Waals surface area contributed by atoms with Gasteiger partial charge in [-0.3, -0.25) is 24.0 Å². The van der Waals surface area contributed by atoms with E-state index in [9.17, 15) is 19.2 Å². The monoisotopic (exact) mass is 575 g/mol. The normalized spacial score (nSPS) is 11.7. The Labute approximate surface area is 241 Å². The number of unbranched alkanes of at least 4 members (excludes halogenated alkanes) is 1. The number of carbonyl (C=O) groups is 5. The van der Waals surface area contributed by atoms with Crippen molar-refractivity contribution in [2.45, 2.75) is 100 Å². The second-order valence-electron chi connectivity index (χ2n) is 11.8. The Kier molecular flexibility index (Phi) is 25.2. The van der Waals surface area contributed by atoms with Crippen LogP contribution in [0.4, 0.5) is 0 Å². The molecule has 11 nitrogen and oxygen atoms in total. The second-order valence-corrected chi connectivity index (χ2v) is 11.8. The Hall–Kier alpha value is -2.69. The van der Waals surface area contributed by atoms with Crippen LogP contribution in [0.2, 0.25) is 0 Å². The van der Waals surface area contributed by atoms with Crippen LogP contribution in [-0.2, 0) is 33.4 Å². The highest BCUT2D eigenvalue weighted by Crippen LogP contribution is 2.23. The Morgan fingerprint density at radius 3 is 1.98 bits per heavy atom. The van der Waals surface area contributed by atoms with E-state index < -0.39 is 5.97 Å². The van der Waals surface area contributed by atoms with Crippen LogP contribution in [-0.4, -0.2) is 68.7 Å². The minimum atomic E-state index is -0.817. The van der Waals surface area contributed by atoms with E-state index in [1.165, 1.54) is 0 Å². The van der Waals surface area contributed by atoms with E-state index in [4.69, 9.17) is 19.4 Å². The van der Waals surface area contributed by atoms with Crippen molar-refractivity contribution >= 4 is 30.2 Å². The Morgan fingerprint density at radius 2 is 1.52 bits per heavy atom. The maximum Gasteiger partial charge on any atom is 0.306 e. The van der Waals surface area contributed by atoms with E-state index >= 15 is 0 Å². The topological polar surface area (TPSA) is 174 Å². The van der Waals surface area contributed by atoms with Crippen LogP contribution >= 0.6 is 0 Å². The molecule has 0 saturated heterocycles. The summed E-state index contributed by atoms with van der Waals surface area (Å²) in [7, 11) is 1.62. The number of nitrogens with one attached hydrogen (secondary N) is 2. The molecule has 0 fully saturated rings. The Balaban J connectivity index is -0.000000623. The largest absolute Gasteiger partial charge is 0.481 e. The van der Waals surface area contributed by atoms with Gasteiger partial charge in [-0.2, -0.15) is 0 Å². The van der Waals surface area contributed by atoms with E-state index in [-0.39, 0.29) is 47.4 Å². The van der Waals surface area contributed by atoms with Crippen molar-refractivity contribution < 1.29 is 38.6 Å². The number of primary amides is 1. The summed E-state index contributed by atoms with van der Waals surface area (Å²) in [6.45, 7) is 17.7. The van der Waals surface area contributed by atoms with Crippen molar-refractivity contribution in [1.29, 1.82) is 0 Å². The Bertz CT molecular complexity index is 724. The number of carboxylic acids is 1. The summed E-state index contributed by atoms with van der Waals surface area (Å²) in [5, 5.41) is 14.2. The lowest BCUT2D eigenvalue weighted by Crippen LogP contribution is -2.37. The third-order valence-electron chi connectivity index (χ3n) is 5.47. The van der Waals surface area contributed by atoms with Gasteiger partial charge < -0.3 is 30.9 Å². The molecule has 3 amide bonds. The quantitative estimate of drug-likeness (QED) is 0.109. The number of carboxylic acid groups (broad SMARTS) is 1. The maximum absolute atomic E-state index is 11.6. The molecule has 0 bridgehead atoms. The maximum atomic E-state index is 11.6. The summed E-state index contributed by atoms with van der Waals surface area (Å²) in [6, 6.07) is 0. The molecular weight excluding hydrogens is 518 g/mol. The zero-order valence-corrected chi connectivity index (χ0v) is 26.4. The lowest BCUT2D eigenvalue weighted by atomic mass is 9.90. The van der Waals surface area contributed by atoms with Crippen LogP contribution in [0, 0.1) is 22.7 Å². The molecule has 5 N–H and O–H groups in total. The Morgan fingerprint density at radius 1 is 0.975 bits per heavy atom. The number of amides is 3. The van der Waals surface area contributed by atoms with E-state index in [2.05, 4.69) is 37.1 Å². The predicted octanol–water partition coefficient (Wildman–Crippen LogP) is 3.68. The minimum Gasteiger partial charge on any atom is -0.481 e. The minimum absolute atomic E-state index is 0.0120. The molecule has 0 saturated carbocycles. The first-order chi connectivity index (χ1) is 18.5. The van der Waals surface area contributed by atoms with Crippen LogP contribution in [0.15, 0.2) is 0 Å². The first-order valence-corrected chi connectivity index (χ1v) is 14.1. The zero-order valence-electron chi connectivity index (χ0n) is 26.4. The zero-order chi connectivity index (χ0) is 31.8. The molecule has 1 atom stereocenters. The number of hydrogen-bond acceptors (Lipinski definition) is 7. The summed E-state index contributed by atoms with van der Waals surface area (Å²) in [6.07, 6.45) is 4.34.